The maximum atomic E-state index is 13.1. The zero-order valence-corrected chi connectivity index (χ0v) is 17.9. The Morgan fingerprint density at radius 1 is 1.19 bits per heavy atom. The molecule has 166 valence electrons. The van der Waals surface area contributed by atoms with E-state index in [1.807, 2.05) is 13.8 Å². The Bertz CT molecular complexity index is 1050. The number of halogens is 3. The summed E-state index contributed by atoms with van der Waals surface area (Å²) >= 11 is 1.14. The molecular formula is C19H21F3N6O2S. The molecule has 31 heavy (non-hydrogen) atoms. The van der Waals surface area contributed by atoms with E-state index in [2.05, 4.69) is 20.6 Å². The summed E-state index contributed by atoms with van der Waals surface area (Å²) in [5, 5.41) is 15.1. The van der Waals surface area contributed by atoms with Gasteiger partial charge in [-0.3, -0.25) is 9.48 Å². The summed E-state index contributed by atoms with van der Waals surface area (Å²) < 4.78 is 46.9. The quantitative estimate of drug-likeness (QED) is 0.521. The minimum Gasteiger partial charge on any atom is -0.494 e. The largest absolute Gasteiger partial charge is 0.494 e. The number of rotatable bonds is 8. The number of aromatic nitrogens is 5. The van der Waals surface area contributed by atoms with E-state index >= 15 is 0 Å². The van der Waals surface area contributed by atoms with Gasteiger partial charge in [0.05, 0.1) is 12.4 Å². The van der Waals surface area contributed by atoms with Crippen molar-refractivity contribution in [1.82, 2.24) is 24.5 Å². The van der Waals surface area contributed by atoms with Crippen LogP contribution >= 0.6 is 11.8 Å². The summed E-state index contributed by atoms with van der Waals surface area (Å²) in [5.74, 6) is 0.727. The molecule has 1 aromatic carbocycles. The number of aryl methyl sites for hydroxylation is 1. The first-order valence-corrected chi connectivity index (χ1v) is 10.4. The number of nitrogens with one attached hydrogen (secondary N) is 1. The lowest BCUT2D eigenvalue weighted by Crippen LogP contribution is -2.14. The normalized spacial score (nSPS) is 11.5. The standard InChI is InChI=1S/C19H21F3N6O2S/c1-4-28-17(14-10-15(19(20,21)22)27(3)26-14)24-25-18(28)31-11-16(29)23-12-6-8-13(9-7-12)30-5-2/h6-10H,4-5,11H2,1-3H3,(H,23,29). The number of carbonyl (C=O) groups excluding carboxylic acids is 1. The summed E-state index contributed by atoms with van der Waals surface area (Å²) in [7, 11) is 1.22. The number of hydrogen-bond acceptors (Lipinski definition) is 6. The molecule has 8 nitrogen and oxygen atoms in total. The van der Waals surface area contributed by atoms with Gasteiger partial charge in [0.25, 0.3) is 0 Å². The molecule has 3 rings (SSSR count). The molecule has 0 saturated carbocycles. The average molecular weight is 454 g/mol. The Balaban J connectivity index is 1.68. The van der Waals surface area contributed by atoms with Crippen LogP contribution in [0, 0.1) is 0 Å². The van der Waals surface area contributed by atoms with Crippen molar-refractivity contribution in [2.75, 3.05) is 17.7 Å². The van der Waals surface area contributed by atoms with Gasteiger partial charge in [-0.1, -0.05) is 11.8 Å². The molecule has 3 aromatic rings. The Labute approximate surface area is 180 Å². The average Bonchev–Trinajstić information content (AvgIpc) is 3.30. The van der Waals surface area contributed by atoms with Gasteiger partial charge >= 0.3 is 6.18 Å². The van der Waals surface area contributed by atoms with Crippen molar-refractivity contribution in [3.63, 3.8) is 0 Å². The van der Waals surface area contributed by atoms with Gasteiger partial charge in [-0.2, -0.15) is 18.3 Å². The second-order valence-electron chi connectivity index (χ2n) is 6.38. The van der Waals surface area contributed by atoms with Gasteiger partial charge in [-0.05, 0) is 44.2 Å². The molecule has 0 aliphatic heterocycles. The molecule has 0 saturated heterocycles. The minimum atomic E-state index is -4.52. The molecule has 0 aliphatic carbocycles. The van der Waals surface area contributed by atoms with Crippen LogP contribution in [-0.4, -0.2) is 42.8 Å². The fourth-order valence-electron chi connectivity index (χ4n) is 2.84. The van der Waals surface area contributed by atoms with E-state index < -0.39 is 11.9 Å². The smallest absolute Gasteiger partial charge is 0.433 e. The number of anilines is 1. The molecule has 0 bridgehead atoms. The Morgan fingerprint density at radius 2 is 1.90 bits per heavy atom. The third-order valence-corrected chi connectivity index (χ3v) is 5.18. The predicted octanol–water partition coefficient (Wildman–Crippen LogP) is 3.85. The van der Waals surface area contributed by atoms with Crippen LogP contribution < -0.4 is 10.1 Å². The first-order chi connectivity index (χ1) is 14.7. The molecule has 1 N–H and O–H groups in total. The van der Waals surface area contributed by atoms with Gasteiger partial charge in [0, 0.05) is 19.3 Å². The Morgan fingerprint density at radius 3 is 2.48 bits per heavy atom. The van der Waals surface area contributed by atoms with E-state index in [-0.39, 0.29) is 23.2 Å². The van der Waals surface area contributed by atoms with E-state index in [9.17, 15) is 18.0 Å². The Kier molecular flexibility index (Phi) is 6.88. The molecule has 0 aliphatic rings. The molecule has 1 amide bonds. The van der Waals surface area contributed by atoms with Gasteiger partial charge in [0.1, 0.15) is 17.1 Å². The molecular weight excluding hydrogens is 433 g/mol. The van der Waals surface area contributed by atoms with E-state index in [1.54, 1.807) is 28.8 Å². The van der Waals surface area contributed by atoms with Crippen LogP contribution in [0.15, 0.2) is 35.5 Å². The number of nitrogens with zero attached hydrogens (tertiary/aromatic N) is 5. The summed E-state index contributed by atoms with van der Waals surface area (Å²) in [5.41, 5.74) is -0.188. The third-order valence-electron chi connectivity index (χ3n) is 4.21. The van der Waals surface area contributed by atoms with Gasteiger partial charge in [0.2, 0.25) is 5.91 Å². The maximum Gasteiger partial charge on any atom is 0.433 e. The van der Waals surface area contributed by atoms with Crippen LogP contribution in [0.4, 0.5) is 18.9 Å². The van der Waals surface area contributed by atoms with Crippen molar-refractivity contribution >= 4 is 23.4 Å². The number of alkyl halides is 3. The second kappa shape index (κ2) is 9.41. The molecule has 0 unspecified atom stereocenters. The van der Waals surface area contributed by atoms with Gasteiger partial charge in [-0.15, -0.1) is 10.2 Å². The molecule has 0 spiro atoms. The molecule has 0 radical (unpaired) electrons. The lowest BCUT2D eigenvalue weighted by atomic mass is 10.3. The van der Waals surface area contributed by atoms with Gasteiger partial charge < -0.3 is 14.6 Å². The van der Waals surface area contributed by atoms with Crippen molar-refractivity contribution < 1.29 is 22.7 Å². The van der Waals surface area contributed by atoms with Crippen molar-refractivity contribution in [2.45, 2.75) is 31.7 Å². The zero-order chi connectivity index (χ0) is 22.6. The number of thioether (sulfide) groups is 1. The van der Waals surface area contributed by atoms with Crippen LogP contribution in [-0.2, 0) is 24.6 Å². The monoisotopic (exact) mass is 454 g/mol. The highest BCUT2D eigenvalue weighted by Gasteiger charge is 2.35. The fraction of sp³-hybridized carbons (Fsp3) is 0.368. The van der Waals surface area contributed by atoms with Crippen molar-refractivity contribution in [3.8, 4) is 17.3 Å². The molecule has 2 heterocycles. The highest BCUT2D eigenvalue weighted by Crippen LogP contribution is 2.32. The lowest BCUT2D eigenvalue weighted by molar-refractivity contribution is -0.143. The van der Waals surface area contributed by atoms with Crippen LogP contribution in [0.5, 0.6) is 5.75 Å². The van der Waals surface area contributed by atoms with E-state index in [4.69, 9.17) is 4.74 Å². The van der Waals surface area contributed by atoms with Crippen molar-refractivity contribution in [3.05, 3.63) is 36.0 Å². The first kappa shape index (κ1) is 22.7. The topological polar surface area (TPSA) is 86.9 Å². The Hall–Kier alpha value is -3.02. The minimum absolute atomic E-state index is 0.0569. The number of benzene rings is 1. The first-order valence-electron chi connectivity index (χ1n) is 9.43. The van der Waals surface area contributed by atoms with Crippen LogP contribution in [0.3, 0.4) is 0 Å². The summed E-state index contributed by atoms with van der Waals surface area (Å²) in [6.45, 7) is 4.66. The van der Waals surface area contributed by atoms with E-state index in [0.29, 0.717) is 29.7 Å². The third kappa shape index (κ3) is 5.37. The fourth-order valence-corrected chi connectivity index (χ4v) is 3.64. The van der Waals surface area contributed by atoms with Crippen molar-refractivity contribution in [1.29, 1.82) is 0 Å². The lowest BCUT2D eigenvalue weighted by Gasteiger charge is -2.08. The summed E-state index contributed by atoms with van der Waals surface area (Å²) in [6.07, 6.45) is -4.52. The van der Waals surface area contributed by atoms with E-state index in [1.165, 1.54) is 7.05 Å². The highest BCUT2D eigenvalue weighted by atomic mass is 32.2. The predicted molar refractivity (Wildman–Crippen MR) is 110 cm³/mol. The molecule has 0 fully saturated rings. The number of hydrogen-bond donors (Lipinski definition) is 1. The molecule has 0 atom stereocenters. The number of amides is 1. The molecule has 2 aromatic heterocycles. The second-order valence-corrected chi connectivity index (χ2v) is 7.32. The maximum absolute atomic E-state index is 13.1. The van der Waals surface area contributed by atoms with Crippen molar-refractivity contribution in [2.24, 2.45) is 7.05 Å². The molecule has 12 heteroatoms. The SMILES string of the molecule is CCOc1ccc(NC(=O)CSc2nnc(-c3cc(C(F)(F)F)n(C)n3)n2CC)cc1. The van der Waals surface area contributed by atoms with Crippen LogP contribution in [0.1, 0.15) is 19.5 Å². The van der Waals surface area contributed by atoms with Gasteiger partial charge in [0.15, 0.2) is 11.0 Å². The summed E-state index contributed by atoms with van der Waals surface area (Å²) in [6, 6.07) is 7.92. The number of ether oxygens (including phenoxy) is 1. The van der Waals surface area contributed by atoms with Gasteiger partial charge in [-0.25, -0.2) is 0 Å². The zero-order valence-electron chi connectivity index (χ0n) is 17.1. The number of carbonyl (C=O) groups is 1. The van der Waals surface area contributed by atoms with Crippen LogP contribution in [0.25, 0.3) is 11.5 Å². The summed E-state index contributed by atoms with van der Waals surface area (Å²) in [4.78, 5) is 12.3. The van der Waals surface area contributed by atoms with E-state index in [0.717, 1.165) is 22.5 Å². The van der Waals surface area contributed by atoms with Crippen LogP contribution in [0.2, 0.25) is 0 Å². The highest BCUT2D eigenvalue weighted by molar-refractivity contribution is 7.99.